The van der Waals surface area contributed by atoms with E-state index in [0.717, 1.165) is 0 Å². The van der Waals surface area contributed by atoms with Crippen molar-refractivity contribution in [3.05, 3.63) is 35.4 Å². The molecule has 82 valence electrons. The average molecular weight is 209 g/mol. The van der Waals surface area contributed by atoms with Crippen LogP contribution >= 0.6 is 0 Å². The van der Waals surface area contributed by atoms with Crippen LogP contribution in [0.15, 0.2) is 24.3 Å². The van der Waals surface area contributed by atoms with Gasteiger partial charge < -0.3 is 15.9 Å². The third-order valence-corrected chi connectivity index (χ3v) is 2.30. The molecule has 0 bridgehead atoms. The zero-order chi connectivity index (χ0) is 11.3. The average Bonchev–Trinajstić information content (AvgIpc) is 2.20. The van der Waals surface area contributed by atoms with Crippen molar-refractivity contribution in [2.75, 3.05) is 6.61 Å². The van der Waals surface area contributed by atoms with Crippen LogP contribution in [0, 0.1) is 0 Å². The van der Waals surface area contributed by atoms with Crippen LogP contribution in [0.1, 0.15) is 11.1 Å². The molecule has 0 heterocycles. The minimum absolute atomic E-state index is 0.505. The van der Waals surface area contributed by atoms with Crippen LogP contribution in [0.25, 0.3) is 0 Å². The molecule has 0 saturated heterocycles. The summed E-state index contributed by atoms with van der Waals surface area (Å²) in [6.07, 6.45) is 2.60. The molecular formula is C11H15NO3. The number of benzene rings is 1. The highest BCUT2D eigenvalue weighted by Gasteiger charge is 2.09. The van der Waals surface area contributed by atoms with Gasteiger partial charge in [-0.15, -0.1) is 0 Å². The summed E-state index contributed by atoms with van der Waals surface area (Å²) in [5, 5.41) is 15.9. The quantitative estimate of drug-likeness (QED) is 0.648. The third kappa shape index (κ3) is 3.34. The maximum absolute atomic E-state index is 9.65. The minimum atomic E-state index is -1.18. The number of aliphatic carboxylic acids is 1. The SMILES string of the molecule is NC(CO)C(=O)O.c1ccc2c(c1)CC2. The number of aliphatic hydroxyl groups is 1. The highest BCUT2D eigenvalue weighted by molar-refractivity contribution is 5.73. The summed E-state index contributed by atoms with van der Waals surface area (Å²) in [5.74, 6) is -1.18. The lowest BCUT2D eigenvalue weighted by molar-refractivity contribution is -0.139. The summed E-state index contributed by atoms with van der Waals surface area (Å²) in [6, 6.07) is 7.51. The zero-order valence-electron chi connectivity index (χ0n) is 8.39. The maximum atomic E-state index is 9.65. The first kappa shape index (κ1) is 11.7. The van der Waals surface area contributed by atoms with Crippen LogP contribution < -0.4 is 5.73 Å². The van der Waals surface area contributed by atoms with Gasteiger partial charge in [-0.25, -0.2) is 0 Å². The topological polar surface area (TPSA) is 83.5 Å². The van der Waals surface area contributed by atoms with Crippen molar-refractivity contribution in [2.45, 2.75) is 18.9 Å². The Morgan fingerprint density at radius 2 is 1.80 bits per heavy atom. The number of aryl methyl sites for hydroxylation is 2. The molecule has 1 aromatic rings. The number of hydrogen-bond acceptors (Lipinski definition) is 3. The van der Waals surface area contributed by atoms with Crippen molar-refractivity contribution in [1.29, 1.82) is 0 Å². The molecule has 0 radical (unpaired) electrons. The molecule has 0 saturated carbocycles. The molecular weight excluding hydrogens is 194 g/mol. The van der Waals surface area contributed by atoms with Crippen LogP contribution in [0.2, 0.25) is 0 Å². The first-order chi connectivity index (χ1) is 7.15. The molecule has 0 fully saturated rings. The molecule has 4 N–H and O–H groups in total. The standard InChI is InChI=1S/C8H8.C3H7NO3/c1-2-4-8-6-5-7(8)3-1;4-2(1-5)3(6)7/h1-4H,5-6H2;2,5H,1,4H2,(H,6,7). The van der Waals surface area contributed by atoms with Crippen molar-refractivity contribution in [3.63, 3.8) is 0 Å². The summed E-state index contributed by atoms with van der Waals surface area (Å²) in [6.45, 7) is -0.505. The lowest BCUT2D eigenvalue weighted by Gasteiger charge is -2.16. The molecule has 4 heteroatoms. The van der Waals surface area contributed by atoms with Gasteiger partial charge in [-0.1, -0.05) is 24.3 Å². The van der Waals surface area contributed by atoms with Gasteiger partial charge in [-0.05, 0) is 24.0 Å². The van der Waals surface area contributed by atoms with Crippen LogP contribution in [0.4, 0.5) is 0 Å². The lowest BCUT2D eigenvalue weighted by atomic mass is 9.89. The fraction of sp³-hybridized carbons (Fsp3) is 0.364. The van der Waals surface area contributed by atoms with Crippen LogP contribution in [-0.2, 0) is 17.6 Å². The van der Waals surface area contributed by atoms with Gasteiger partial charge in [0.05, 0.1) is 6.61 Å². The van der Waals surface area contributed by atoms with E-state index in [1.54, 1.807) is 11.1 Å². The Labute approximate surface area is 88.3 Å². The number of carbonyl (C=O) groups is 1. The summed E-state index contributed by atoms with van der Waals surface area (Å²) in [4.78, 5) is 9.65. The first-order valence-corrected chi connectivity index (χ1v) is 4.81. The molecule has 4 nitrogen and oxygen atoms in total. The molecule has 1 unspecified atom stereocenters. The monoisotopic (exact) mass is 209 g/mol. The highest BCUT2D eigenvalue weighted by atomic mass is 16.4. The second-order valence-corrected chi connectivity index (χ2v) is 3.40. The van der Waals surface area contributed by atoms with Gasteiger partial charge in [-0.3, -0.25) is 4.79 Å². The Morgan fingerprint density at radius 1 is 1.33 bits per heavy atom. The van der Waals surface area contributed by atoms with Crippen LogP contribution in [0.5, 0.6) is 0 Å². The minimum Gasteiger partial charge on any atom is -0.480 e. The second kappa shape index (κ2) is 5.48. The largest absolute Gasteiger partial charge is 0.480 e. The van der Waals surface area contributed by atoms with Gasteiger partial charge in [0.2, 0.25) is 0 Å². The number of carboxylic acid groups (broad SMARTS) is 1. The van der Waals surface area contributed by atoms with Gasteiger partial charge in [-0.2, -0.15) is 0 Å². The van der Waals surface area contributed by atoms with Gasteiger partial charge in [0.1, 0.15) is 6.04 Å². The molecule has 0 amide bonds. The molecule has 1 atom stereocenters. The van der Waals surface area contributed by atoms with Crippen LogP contribution in [0.3, 0.4) is 0 Å². The number of fused-ring (bicyclic) bond motifs is 1. The first-order valence-electron chi connectivity index (χ1n) is 4.81. The number of aliphatic hydroxyl groups excluding tert-OH is 1. The van der Waals surface area contributed by atoms with Gasteiger partial charge in [0.25, 0.3) is 0 Å². The summed E-state index contributed by atoms with van der Waals surface area (Å²) in [5.41, 5.74) is 7.86. The molecule has 1 aliphatic rings. The zero-order valence-corrected chi connectivity index (χ0v) is 8.39. The van der Waals surface area contributed by atoms with E-state index >= 15 is 0 Å². The van der Waals surface area contributed by atoms with E-state index in [-0.39, 0.29) is 0 Å². The Balaban J connectivity index is 0.000000153. The molecule has 1 aromatic carbocycles. The van der Waals surface area contributed by atoms with E-state index in [0.29, 0.717) is 0 Å². The number of hydrogen-bond donors (Lipinski definition) is 3. The molecule has 1 aliphatic carbocycles. The summed E-state index contributed by atoms with van der Waals surface area (Å²) < 4.78 is 0. The highest BCUT2D eigenvalue weighted by Crippen LogP contribution is 2.20. The Bertz CT molecular complexity index is 315. The molecule has 15 heavy (non-hydrogen) atoms. The van der Waals surface area contributed by atoms with Crippen molar-refractivity contribution < 1.29 is 15.0 Å². The van der Waals surface area contributed by atoms with E-state index in [9.17, 15) is 4.79 Å². The lowest BCUT2D eigenvalue weighted by Crippen LogP contribution is -2.33. The van der Waals surface area contributed by atoms with Gasteiger partial charge >= 0.3 is 5.97 Å². The molecule has 0 aromatic heterocycles. The van der Waals surface area contributed by atoms with E-state index in [1.165, 1.54) is 12.8 Å². The van der Waals surface area contributed by atoms with Crippen molar-refractivity contribution in [2.24, 2.45) is 5.73 Å². The van der Waals surface area contributed by atoms with Gasteiger partial charge in [0.15, 0.2) is 0 Å². The Morgan fingerprint density at radius 3 is 1.93 bits per heavy atom. The summed E-state index contributed by atoms with van der Waals surface area (Å²) in [7, 11) is 0. The normalized spacial score (nSPS) is 14.0. The van der Waals surface area contributed by atoms with Crippen molar-refractivity contribution >= 4 is 5.97 Å². The fourth-order valence-corrected chi connectivity index (χ4v) is 1.22. The van der Waals surface area contributed by atoms with Crippen LogP contribution in [-0.4, -0.2) is 28.8 Å². The molecule has 2 rings (SSSR count). The maximum Gasteiger partial charge on any atom is 0.322 e. The van der Waals surface area contributed by atoms with Crippen molar-refractivity contribution in [1.82, 2.24) is 0 Å². The smallest absolute Gasteiger partial charge is 0.322 e. The number of carboxylic acids is 1. The number of nitrogens with two attached hydrogens (primary N) is 1. The third-order valence-electron chi connectivity index (χ3n) is 2.30. The van der Waals surface area contributed by atoms with Gasteiger partial charge in [0, 0.05) is 0 Å². The van der Waals surface area contributed by atoms with Crippen molar-refractivity contribution in [3.8, 4) is 0 Å². The molecule has 0 spiro atoms. The fourth-order valence-electron chi connectivity index (χ4n) is 1.22. The molecule has 0 aliphatic heterocycles. The van der Waals surface area contributed by atoms with E-state index in [2.05, 4.69) is 24.3 Å². The van der Waals surface area contributed by atoms with E-state index in [1.807, 2.05) is 0 Å². The van der Waals surface area contributed by atoms with E-state index < -0.39 is 18.6 Å². The summed E-state index contributed by atoms with van der Waals surface area (Å²) >= 11 is 0. The Hall–Kier alpha value is -1.39. The van der Waals surface area contributed by atoms with E-state index in [4.69, 9.17) is 15.9 Å². The predicted octanol–water partition coefficient (Wildman–Crippen LogP) is 0.176. The predicted molar refractivity (Wildman–Crippen MR) is 56.5 cm³/mol. The Kier molecular flexibility index (Phi) is 4.27. The number of rotatable bonds is 2. The second-order valence-electron chi connectivity index (χ2n) is 3.40.